The molecule has 0 amide bonds. The van der Waals surface area contributed by atoms with Crippen LogP contribution in [-0.2, 0) is 0 Å². The smallest absolute Gasteiger partial charge is 0.0799 e. The molecule has 2 heterocycles. The highest BCUT2D eigenvalue weighted by atomic mass is 15.2. The first kappa shape index (κ1) is 8.26. The molecule has 0 aliphatic carbocycles. The zero-order valence-corrected chi connectivity index (χ0v) is 7.86. The summed E-state index contributed by atoms with van der Waals surface area (Å²) in [6, 6.07) is 6.10. The van der Waals surface area contributed by atoms with Crippen LogP contribution in [0.15, 0.2) is 24.4 Å². The molecule has 2 aromatic heterocycles. The Balaban J connectivity index is 2.68. The van der Waals surface area contributed by atoms with Gasteiger partial charge in [-0.15, -0.1) is 0 Å². The summed E-state index contributed by atoms with van der Waals surface area (Å²) in [6.45, 7) is 4.01. The maximum atomic E-state index is 5.75. The van der Waals surface area contributed by atoms with Gasteiger partial charge in [0.05, 0.1) is 11.2 Å². The van der Waals surface area contributed by atoms with E-state index in [2.05, 4.69) is 18.1 Å². The second-order valence-electron chi connectivity index (χ2n) is 3.38. The molecule has 0 aromatic carbocycles. The van der Waals surface area contributed by atoms with Crippen molar-refractivity contribution >= 4 is 5.52 Å². The van der Waals surface area contributed by atoms with Crippen molar-refractivity contribution in [1.82, 2.24) is 9.61 Å². The summed E-state index contributed by atoms with van der Waals surface area (Å²) < 4.78 is 1.87. The van der Waals surface area contributed by atoms with E-state index in [0.717, 1.165) is 11.2 Å². The molecule has 3 nitrogen and oxygen atoms in total. The van der Waals surface area contributed by atoms with Crippen LogP contribution >= 0.6 is 0 Å². The van der Waals surface area contributed by atoms with E-state index in [1.807, 2.05) is 29.8 Å². The first-order valence-corrected chi connectivity index (χ1v) is 4.39. The molecule has 0 saturated heterocycles. The van der Waals surface area contributed by atoms with Gasteiger partial charge in [0.1, 0.15) is 0 Å². The highest BCUT2D eigenvalue weighted by Gasteiger charge is 2.06. The zero-order valence-electron chi connectivity index (χ0n) is 7.86. The van der Waals surface area contributed by atoms with Gasteiger partial charge >= 0.3 is 0 Å². The first-order valence-electron chi connectivity index (χ1n) is 4.39. The van der Waals surface area contributed by atoms with Crippen molar-refractivity contribution in [2.24, 2.45) is 5.73 Å². The van der Waals surface area contributed by atoms with Crippen molar-refractivity contribution in [3.63, 3.8) is 0 Å². The Morgan fingerprint density at radius 2 is 2.31 bits per heavy atom. The number of nitrogens with zero attached hydrogens (tertiary/aromatic N) is 2. The number of fused-ring (bicyclic) bond motifs is 1. The highest BCUT2D eigenvalue weighted by Crippen LogP contribution is 2.14. The van der Waals surface area contributed by atoms with Crippen molar-refractivity contribution in [3.8, 4) is 0 Å². The van der Waals surface area contributed by atoms with Gasteiger partial charge in [-0.05, 0) is 31.5 Å². The van der Waals surface area contributed by atoms with Gasteiger partial charge in [0.15, 0.2) is 0 Å². The highest BCUT2D eigenvalue weighted by molar-refractivity contribution is 5.54. The average Bonchev–Trinajstić information content (AvgIpc) is 2.49. The lowest BCUT2D eigenvalue weighted by molar-refractivity contribution is 0.756. The normalized spacial score (nSPS) is 13.5. The summed E-state index contributed by atoms with van der Waals surface area (Å²) in [5.41, 5.74) is 9.05. The summed E-state index contributed by atoms with van der Waals surface area (Å²) in [6.07, 6.45) is 1.94. The molecule has 0 aliphatic rings. The fourth-order valence-electron chi connectivity index (χ4n) is 1.40. The molecular formula is C10H13N3. The van der Waals surface area contributed by atoms with Crippen LogP contribution in [0.5, 0.6) is 0 Å². The first-order chi connectivity index (χ1) is 6.18. The van der Waals surface area contributed by atoms with Gasteiger partial charge < -0.3 is 5.73 Å². The van der Waals surface area contributed by atoms with Gasteiger partial charge in [0.2, 0.25) is 0 Å². The average molecular weight is 175 g/mol. The lowest BCUT2D eigenvalue weighted by Gasteiger charge is -1.95. The van der Waals surface area contributed by atoms with Crippen molar-refractivity contribution in [2.75, 3.05) is 0 Å². The second kappa shape index (κ2) is 2.85. The van der Waals surface area contributed by atoms with Gasteiger partial charge in [-0.25, -0.2) is 4.52 Å². The van der Waals surface area contributed by atoms with Crippen molar-refractivity contribution in [1.29, 1.82) is 0 Å². The quantitative estimate of drug-likeness (QED) is 0.716. The Morgan fingerprint density at radius 1 is 1.54 bits per heavy atom. The molecule has 1 unspecified atom stereocenters. The number of hydrogen-bond donors (Lipinski definition) is 1. The zero-order chi connectivity index (χ0) is 9.42. The Hall–Kier alpha value is -1.35. The van der Waals surface area contributed by atoms with Crippen LogP contribution in [0.1, 0.15) is 24.2 Å². The van der Waals surface area contributed by atoms with Crippen molar-refractivity contribution < 1.29 is 0 Å². The van der Waals surface area contributed by atoms with Gasteiger partial charge in [-0.2, -0.15) is 5.10 Å². The number of nitrogens with two attached hydrogens (primary N) is 1. The van der Waals surface area contributed by atoms with E-state index in [1.165, 1.54) is 5.56 Å². The van der Waals surface area contributed by atoms with Crippen LogP contribution in [0.25, 0.3) is 5.52 Å². The standard InChI is InChI=1S/C10H13N3/c1-7-4-3-5-13-10(7)6-9(12-13)8(2)11/h3-6,8H,11H2,1-2H3. The van der Waals surface area contributed by atoms with Crippen LogP contribution in [0.3, 0.4) is 0 Å². The van der Waals surface area contributed by atoms with Crippen LogP contribution in [0, 0.1) is 6.92 Å². The van der Waals surface area contributed by atoms with E-state index in [0.29, 0.717) is 0 Å². The molecule has 0 saturated carbocycles. The Labute approximate surface area is 77.2 Å². The van der Waals surface area contributed by atoms with Crippen LogP contribution in [0.2, 0.25) is 0 Å². The third kappa shape index (κ3) is 1.31. The molecule has 3 heteroatoms. The maximum Gasteiger partial charge on any atom is 0.0799 e. The molecule has 0 radical (unpaired) electrons. The predicted molar refractivity (Wildman–Crippen MR) is 52.5 cm³/mol. The Morgan fingerprint density at radius 3 is 2.92 bits per heavy atom. The minimum Gasteiger partial charge on any atom is -0.323 e. The van der Waals surface area contributed by atoms with Crippen LogP contribution in [0.4, 0.5) is 0 Å². The molecule has 68 valence electrons. The molecule has 2 N–H and O–H groups in total. The predicted octanol–water partition coefficient (Wildman–Crippen LogP) is 1.66. The molecule has 2 aromatic rings. The molecule has 0 bridgehead atoms. The lowest BCUT2D eigenvalue weighted by Crippen LogP contribution is -2.05. The van der Waals surface area contributed by atoms with Crippen molar-refractivity contribution in [3.05, 3.63) is 35.7 Å². The molecule has 1 atom stereocenters. The number of aryl methyl sites for hydroxylation is 1. The number of rotatable bonds is 1. The summed E-state index contributed by atoms with van der Waals surface area (Å²) in [5, 5.41) is 4.36. The largest absolute Gasteiger partial charge is 0.323 e. The van der Waals surface area contributed by atoms with E-state index in [4.69, 9.17) is 5.73 Å². The van der Waals surface area contributed by atoms with Gasteiger partial charge in [0.25, 0.3) is 0 Å². The van der Waals surface area contributed by atoms with E-state index < -0.39 is 0 Å². The minimum absolute atomic E-state index is 0.000648. The van der Waals surface area contributed by atoms with Gasteiger partial charge in [-0.1, -0.05) is 6.07 Å². The monoisotopic (exact) mass is 175 g/mol. The fourth-order valence-corrected chi connectivity index (χ4v) is 1.40. The van der Waals surface area contributed by atoms with Crippen molar-refractivity contribution in [2.45, 2.75) is 19.9 Å². The minimum atomic E-state index is -0.000648. The Kier molecular flexibility index (Phi) is 1.81. The van der Waals surface area contributed by atoms with E-state index in [-0.39, 0.29) is 6.04 Å². The third-order valence-corrected chi connectivity index (χ3v) is 2.20. The molecule has 0 aliphatic heterocycles. The number of aromatic nitrogens is 2. The number of hydrogen-bond acceptors (Lipinski definition) is 2. The molecule has 2 rings (SSSR count). The Bertz CT molecular complexity index is 429. The van der Waals surface area contributed by atoms with Gasteiger partial charge in [-0.3, -0.25) is 0 Å². The molecule has 0 spiro atoms. The second-order valence-corrected chi connectivity index (χ2v) is 3.38. The van der Waals surface area contributed by atoms with E-state index in [9.17, 15) is 0 Å². The summed E-state index contributed by atoms with van der Waals surface area (Å²) >= 11 is 0. The SMILES string of the molecule is Cc1cccn2nc(C(C)N)cc12. The van der Waals surface area contributed by atoms with Crippen LogP contribution in [-0.4, -0.2) is 9.61 Å². The van der Waals surface area contributed by atoms with E-state index in [1.54, 1.807) is 0 Å². The van der Waals surface area contributed by atoms with Gasteiger partial charge in [0, 0.05) is 12.2 Å². The van der Waals surface area contributed by atoms with Crippen LogP contribution < -0.4 is 5.73 Å². The maximum absolute atomic E-state index is 5.75. The van der Waals surface area contributed by atoms with E-state index >= 15 is 0 Å². The lowest BCUT2D eigenvalue weighted by atomic mass is 10.2. The molecule has 0 fully saturated rings. The third-order valence-electron chi connectivity index (χ3n) is 2.20. The fraction of sp³-hybridized carbons (Fsp3) is 0.300. The molecule has 13 heavy (non-hydrogen) atoms. The molecular weight excluding hydrogens is 162 g/mol. The summed E-state index contributed by atoms with van der Waals surface area (Å²) in [7, 11) is 0. The number of pyridine rings is 1. The summed E-state index contributed by atoms with van der Waals surface area (Å²) in [5.74, 6) is 0. The summed E-state index contributed by atoms with van der Waals surface area (Å²) in [4.78, 5) is 0. The topological polar surface area (TPSA) is 43.3 Å².